The molecule has 4 heterocycles. The average Bonchev–Trinajstić information content (AvgIpc) is 3.81. The van der Waals surface area contributed by atoms with E-state index in [-0.39, 0.29) is 22.2 Å². The summed E-state index contributed by atoms with van der Waals surface area (Å²) in [6.45, 7) is 12.5. The highest BCUT2D eigenvalue weighted by Gasteiger charge is 2.23. The van der Waals surface area contributed by atoms with E-state index in [1.807, 2.05) is 36.4 Å². The minimum absolute atomic E-state index is 0.112. The van der Waals surface area contributed by atoms with Gasteiger partial charge in [0.2, 0.25) is 0 Å². The summed E-state index contributed by atoms with van der Waals surface area (Å²) in [5.41, 5.74) is 19.3. The van der Waals surface area contributed by atoms with E-state index in [0.29, 0.717) is 34.3 Å². The van der Waals surface area contributed by atoms with Gasteiger partial charge in [-0.25, -0.2) is 32.7 Å². The minimum Gasteiger partial charge on any atom is -0.382 e. The minimum atomic E-state index is -0.731. The van der Waals surface area contributed by atoms with Crippen LogP contribution >= 0.6 is 0 Å². The van der Waals surface area contributed by atoms with Gasteiger partial charge < -0.3 is 32.7 Å². The van der Waals surface area contributed by atoms with E-state index in [9.17, 15) is 22.8 Å². The Morgan fingerprint density at radius 1 is 0.540 bits per heavy atom. The predicted octanol–water partition coefficient (Wildman–Crippen LogP) is 10.7. The lowest BCUT2D eigenvalue weighted by Crippen LogP contribution is -2.20. The van der Waals surface area contributed by atoms with Gasteiger partial charge in [0, 0.05) is 39.7 Å². The number of hydrogen-bond donors (Lipinski definition) is 8. The van der Waals surface area contributed by atoms with Gasteiger partial charge in [-0.05, 0) is 82.9 Å². The van der Waals surface area contributed by atoms with Crippen molar-refractivity contribution in [2.45, 2.75) is 52.4 Å². The van der Waals surface area contributed by atoms with Crippen LogP contribution in [0.2, 0.25) is 0 Å². The number of pyridine rings is 2. The summed E-state index contributed by atoms with van der Waals surface area (Å²) < 4.78 is 40.7. The smallest absolute Gasteiger partial charge is 0.323 e. The maximum atomic E-state index is 13.7. The summed E-state index contributed by atoms with van der Waals surface area (Å²) in [4.78, 5) is 33.7. The number of aromatic amines is 2. The molecule has 0 unspecified atom stereocenters. The Hall–Kier alpha value is -7.95. The van der Waals surface area contributed by atoms with E-state index in [1.165, 1.54) is 12.1 Å². The summed E-state index contributed by atoms with van der Waals surface area (Å²) in [6.07, 6.45) is 0. The van der Waals surface area contributed by atoms with E-state index in [1.54, 1.807) is 36.4 Å². The number of nitrogens with two attached hydrogens (primary N) is 2. The number of nitrogens with one attached hydrogen (secondary N) is 6. The maximum Gasteiger partial charge on any atom is 0.323 e. The molecule has 0 spiro atoms. The van der Waals surface area contributed by atoms with Crippen molar-refractivity contribution < 1.29 is 22.8 Å². The lowest BCUT2D eigenvalue weighted by molar-refractivity contribution is 0.261. The highest BCUT2D eigenvalue weighted by Crippen LogP contribution is 2.36. The van der Waals surface area contributed by atoms with Gasteiger partial charge in [-0.3, -0.25) is 10.2 Å². The number of carbonyl (C=O) groups is 2. The lowest BCUT2D eigenvalue weighted by Gasteiger charge is -2.19. The monoisotopic (exact) mass is 854 g/mol. The van der Waals surface area contributed by atoms with Crippen molar-refractivity contribution in [1.29, 1.82) is 0 Å². The van der Waals surface area contributed by atoms with Crippen LogP contribution in [0.1, 0.15) is 52.9 Å². The van der Waals surface area contributed by atoms with Gasteiger partial charge in [0.1, 0.15) is 17.5 Å². The Bertz CT molecular complexity index is 2970. The van der Waals surface area contributed by atoms with Crippen LogP contribution < -0.4 is 32.7 Å². The van der Waals surface area contributed by atoms with Crippen LogP contribution in [-0.4, -0.2) is 42.4 Å². The van der Waals surface area contributed by atoms with Crippen LogP contribution in [0.15, 0.2) is 103 Å². The van der Waals surface area contributed by atoms with Crippen molar-refractivity contribution in [3.8, 4) is 22.3 Å². The largest absolute Gasteiger partial charge is 0.382 e. The number of amides is 4. The Morgan fingerprint density at radius 2 is 0.968 bits per heavy atom. The molecule has 0 atom stereocenters. The summed E-state index contributed by atoms with van der Waals surface area (Å²) >= 11 is 0. The molecular weight excluding hydrogens is 810 g/mol. The lowest BCUT2D eigenvalue weighted by atomic mass is 9.89. The van der Waals surface area contributed by atoms with Crippen molar-refractivity contribution >= 4 is 68.5 Å². The molecule has 0 aliphatic carbocycles. The Morgan fingerprint density at radius 3 is 1.41 bits per heavy atom. The van der Waals surface area contributed by atoms with E-state index in [0.717, 1.165) is 62.6 Å². The molecule has 4 amide bonds. The highest BCUT2D eigenvalue weighted by molar-refractivity contribution is 6.03. The number of benzene rings is 4. The third-order valence-electron chi connectivity index (χ3n) is 9.86. The fourth-order valence-corrected chi connectivity index (χ4v) is 6.52. The first-order valence-electron chi connectivity index (χ1n) is 19.7. The van der Waals surface area contributed by atoms with Crippen LogP contribution in [-0.2, 0) is 10.8 Å². The molecule has 0 aliphatic rings. The number of hydrogen-bond acceptors (Lipinski definition) is 8. The molecule has 8 aromatic rings. The average molecular weight is 855 g/mol. The van der Waals surface area contributed by atoms with E-state index >= 15 is 0 Å². The number of nitrogen functional groups attached to an aromatic ring is 2. The second-order valence-corrected chi connectivity index (χ2v) is 16.7. The molecule has 0 saturated heterocycles. The summed E-state index contributed by atoms with van der Waals surface area (Å²) in [5.74, 6) is -1.15. The van der Waals surface area contributed by atoms with Crippen LogP contribution in [0, 0.1) is 17.5 Å². The SMILES string of the molecule is CC(C)(C)c1cc(-c2ccc(NC(=O)Nc3cc(F)ccc3F)cc2)c2c(N)n[nH]c2n1.CC(C)(C)c1cc(-c2ccc(NC(=O)Nc3ccccc3F)cc2)c2c(N)n[nH]c2n1. The third-order valence-corrected chi connectivity index (χ3v) is 9.86. The predicted molar refractivity (Wildman–Crippen MR) is 243 cm³/mol. The van der Waals surface area contributed by atoms with Crippen molar-refractivity contribution in [2.75, 3.05) is 32.7 Å². The zero-order valence-electron chi connectivity index (χ0n) is 35.2. The third kappa shape index (κ3) is 9.83. The molecule has 10 N–H and O–H groups in total. The summed E-state index contributed by atoms with van der Waals surface area (Å²) in [5, 5.41) is 25.5. The number of para-hydroxylation sites is 1. The molecule has 4 aromatic carbocycles. The molecule has 0 aliphatic heterocycles. The molecule has 63 heavy (non-hydrogen) atoms. The van der Waals surface area contributed by atoms with Gasteiger partial charge in [-0.1, -0.05) is 77.9 Å². The number of fused-ring (bicyclic) bond motifs is 2. The van der Waals surface area contributed by atoms with Crippen molar-refractivity contribution in [3.63, 3.8) is 0 Å². The van der Waals surface area contributed by atoms with Gasteiger partial charge in [0.15, 0.2) is 22.9 Å². The van der Waals surface area contributed by atoms with Crippen molar-refractivity contribution in [1.82, 2.24) is 30.4 Å². The van der Waals surface area contributed by atoms with Crippen LogP contribution in [0.5, 0.6) is 0 Å². The topological polar surface area (TPSA) is 217 Å². The number of halogens is 3. The van der Waals surface area contributed by atoms with Crippen molar-refractivity contribution in [3.05, 3.63) is 132 Å². The fraction of sp³-hybridized carbons (Fsp3) is 0.174. The van der Waals surface area contributed by atoms with Crippen LogP contribution in [0.25, 0.3) is 44.3 Å². The van der Waals surface area contributed by atoms with Gasteiger partial charge in [-0.15, -0.1) is 0 Å². The van der Waals surface area contributed by atoms with Gasteiger partial charge in [0.05, 0.1) is 22.1 Å². The number of aromatic nitrogens is 6. The molecule has 0 radical (unpaired) electrons. The zero-order valence-corrected chi connectivity index (χ0v) is 35.2. The second-order valence-electron chi connectivity index (χ2n) is 16.7. The van der Waals surface area contributed by atoms with Gasteiger partial charge >= 0.3 is 12.1 Å². The molecule has 17 heteroatoms. The van der Waals surface area contributed by atoms with Crippen molar-refractivity contribution in [2.24, 2.45) is 0 Å². The number of anilines is 6. The van der Waals surface area contributed by atoms with E-state index in [4.69, 9.17) is 11.5 Å². The van der Waals surface area contributed by atoms with E-state index in [2.05, 4.69) is 93.2 Å². The highest BCUT2D eigenvalue weighted by atomic mass is 19.1. The Labute approximate surface area is 360 Å². The second kappa shape index (κ2) is 17.2. The first-order chi connectivity index (χ1) is 29.8. The molecule has 0 saturated carbocycles. The van der Waals surface area contributed by atoms with Gasteiger partial charge in [0.25, 0.3) is 0 Å². The number of H-pyrrole nitrogens is 2. The van der Waals surface area contributed by atoms with Gasteiger partial charge in [-0.2, -0.15) is 10.2 Å². The normalized spacial score (nSPS) is 11.5. The number of rotatable bonds is 6. The first-order valence-corrected chi connectivity index (χ1v) is 19.7. The maximum absolute atomic E-state index is 13.7. The first kappa shape index (κ1) is 43.1. The number of urea groups is 2. The standard InChI is InChI=1S/C23H22F2N6O.C23H23FN6O/c1-23(2,3)18-11-15(19-20(26)30-31-21(19)29-18)12-4-7-14(8-5-12)27-22(32)28-17-10-13(24)6-9-16(17)25;1-23(2,3)18-12-15(19-20(25)29-30-21(19)28-18)13-8-10-14(11-9-13)26-22(31)27-17-7-5-4-6-16(17)24/h4-11H,1-3H3,(H2,27,28,32)(H3,26,29,30,31);4-12H,1-3H3,(H2,26,27,31)(H3,25,28,29,30). The number of nitrogens with zero attached hydrogens (tertiary/aromatic N) is 4. The molecule has 14 nitrogen and oxygen atoms in total. The summed E-state index contributed by atoms with van der Waals surface area (Å²) in [6, 6.07) is 26.0. The molecular formula is C46H45F3N12O2. The summed E-state index contributed by atoms with van der Waals surface area (Å²) in [7, 11) is 0. The van der Waals surface area contributed by atoms with Crippen LogP contribution in [0.3, 0.4) is 0 Å². The quantitative estimate of drug-likeness (QED) is 0.0803. The zero-order chi connectivity index (χ0) is 45.2. The molecule has 0 fully saturated rings. The number of carbonyl (C=O) groups excluding carboxylic acids is 2. The molecule has 322 valence electrons. The molecule has 0 bridgehead atoms. The Balaban J connectivity index is 0.000000189. The van der Waals surface area contributed by atoms with Crippen LogP contribution in [0.4, 0.5) is 57.1 Å². The molecule has 8 rings (SSSR count). The Kier molecular flexibility index (Phi) is 11.8. The van der Waals surface area contributed by atoms with E-state index < -0.39 is 29.5 Å². The fourth-order valence-electron chi connectivity index (χ4n) is 6.52. The molecule has 4 aromatic heterocycles.